The van der Waals surface area contributed by atoms with Crippen LogP contribution >= 0.6 is 15.9 Å². The van der Waals surface area contributed by atoms with Gasteiger partial charge < -0.3 is 9.74 Å². The molecule has 0 radical (unpaired) electrons. The maximum atomic E-state index is 12.3. The lowest BCUT2D eigenvalue weighted by molar-refractivity contribution is -0.132. The molecule has 1 fully saturated rings. The van der Waals surface area contributed by atoms with Crippen LogP contribution in [-0.4, -0.2) is 30.0 Å². The van der Waals surface area contributed by atoms with Crippen LogP contribution in [0.1, 0.15) is 18.4 Å². The molecule has 1 heterocycles. The summed E-state index contributed by atoms with van der Waals surface area (Å²) < 4.78 is 0.976. The molecule has 2 rings (SSSR count). The van der Waals surface area contributed by atoms with E-state index >= 15 is 0 Å². The van der Waals surface area contributed by atoms with Gasteiger partial charge in [-0.15, -0.1) is 0 Å². The van der Waals surface area contributed by atoms with Crippen molar-refractivity contribution >= 4 is 21.8 Å². The zero-order valence-corrected chi connectivity index (χ0v) is 11.7. The molecule has 1 amide bonds. The Morgan fingerprint density at radius 2 is 2.28 bits per heavy atom. The number of carbonyl (C=O) groups excluding carboxylic acids is 1. The molecule has 1 atom stereocenters. The SMILES string of the molecule is NOCC1CCCN1C(=O)Cc1ccccc1Br. The number of rotatable bonds is 4. The fraction of sp³-hybridized carbons (Fsp3) is 0.462. The molecular formula is C13H17BrN2O2. The van der Waals surface area contributed by atoms with Crippen molar-refractivity contribution in [2.75, 3.05) is 13.2 Å². The highest BCUT2D eigenvalue weighted by atomic mass is 79.9. The second-order valence-electron chi connectivity index (χ2n) is 4.48. The van der Waals surface area contributed by atoms with Crippen molar-refractivity contribution in [1.29, 1.82) is 0 Å². The van der Waals surface area contributed by atoms with Gasteiger partial charge in [0.15, 0.2) is 0 Å². The number of nitrogens with two attached hydrogens (primary N) is 1. The van der Waals surface area contributed by atoms with Gasteiger partial charge in [0.05, 0.1) is 19.1 Å². The third kappa shape index (κ3) is 3.10. The van der Waals surface area contributed by atoms with Crippen molar-refractivity contribution in [1.82, 2.24) is 4.90 Å². The second kappa shape index (κ2) is 6.31. The molecule has 0 bridgehead atoms. The topological polar surface area (TPSA) is 55.6 Å². The van der Waals surface area contributed by atoms with Crippen LogP contribution in [-0.2, 0) is 16.1 Å². The number of carbonyl (C=O) groups is 1. The molecule has 1 aromatic rings. The summed E-state index contributed by atoms with van der Waals surface area (Å²) in [7, 11) is 0. The average molecular weight is 313 g/mol. The Kier molecular flexibility index (Phi) is 4.74. The van der Waals surface area contributed by atoms with E-state index in [1.54, 1.807) is 0 Å². The van der Waals surface area contributed by atoms with Crippen LogP contribution in [0.3, 0.4) is 0 Å². The fourth-order valence-electron chi connectivity index (χ4n) is 2.35. The molecule has 0 spiro atoms. The third-order valence-electron chi connectivity index (χ3n) is 3.29. The minimum Gasteiger partial charge on any atom is -0.337 e. The Hall–Kier alpha value is -0.910. The van der Waals surface area contributed by atoms with Gasteiger partial charge in [-0.1, -0.05) is 34.1 Å². The van der Waals surface area contributed by atoms with Crippen molar-refractivity contribution in [3.63, 3.8) is 0 Å². The van der Waals surface area contributed by atoms with Crippen molar-refractivity contribution in [2.45, 2.75) is 25.3 Å². The fourth-order valence-corrected chi connectivity index (χ4v) is 2.78. The molecule has 18 heavy (non-hydrogen) atoms. The van der Waals surface area contributed by atoms with E-state index in [2.05, 4.69) is 20.8 Å². The van der Waals surface area contributed by atoms with Crippen molar-refractivity contribution in [3.8, 4) is 0 Å². The Labute approximate surface area is 115 Å². The number of benzene rings is 1. The number of hydrogen-bond acceptors (Lipinski definition) is 3. The zero-order chi connectivity index (χ0) is 13.0. The standard InChI is InChI=1S/C13H17BrN2O2/c14-12-6-2-1-4-10(12)8-13(17)16-7-3-5-11(16)9-18-15/h1-2,4,6,11H,3,5,7-9,15H2. The van der Waals surface area contributed by atoms with Gasteiger partial charge in [0.25, 0.3) is 0 Å². The van der Waals surface area contributed by atoms with Crippen LogP contribution in [0.15, 0.2) is 28.7 Å². The average Bonchev–Trinajstić information content (AvgIpc) is 2.81. The van der Waals surface area contributed by atoms with Gasteiger partial charge in [0.1, 0.15) is 0 Å². The van der Waals surface area contributed by atoms with Crippen LogP contribution in [0.2, 0.25) is 0 Å². The molecule has 1 aliphatic rings. The van der Waals surface area contributed by atoms with Crippen LogP contribution in [0.25, 0.3) is 0 Å². The summed E-state index contributed by atoms with van der Waals surface area (Å²) in [6.07, 6.45) is 2.41. The van der Waals surface area contributed by atoms with Crippen molar-refractivity contribution in [3.05, 3.63) is 34.3 Å². The molecule has 0 aromatic heterocycles. The lowest BCUT2D eigenvalue weighted by Crippen LogP contribution is -2.39. The van der Waals surface area contributed by atoms with Gasteiger partial charge in [0.2, 0.25) is 5.91 Å². The number of nitrogens with zero attached hydrogens (tertiary/aromatic N) is 1. The minimum absolute atomic E-state index is 0.130. The highest BCUT2D eigenvalue weighted by Gasteiger charge is 2.28. The smallest absolute Gasteiger partial charge is 0.227 e. The van der Waals surface area contributed by atoms with Gasteiger partial charge in [-0.3, -0.25) is 4.79 Å². The molecule has 5 heteroatoms. The molecule has 0 saturated carbocycles. The summed E-state index contributed by atoms with van der Waals surface area (Å²) in [4.78, 5) is 18.8. The third-order valence-corrected chi connectivity index (χ3v) is 4.06. The van der Waals surface area contributed by atoms with Crippen molar-refractivity contribution in [2.24, 2.45) is 5.90 Å². The Morgan fingerprint density at radius 3 is 3.00 bits per heavy atom. The Bertz CT molecular complexity index is 425. The summed E-state index contributed by atoms with van der Waals surface area (Å²) in [6.45, 7) is 1.22. The predicted molar refractivity (Wildman–Crippen MR) is 72.7 cm³/mol. The zero-order valence-electron chi connectivity index (χ0n) is 10.1. The number of amides is 1. The minimum atomic E-state index is 0.130. The monoisotopic (exact) mass is 312 g/mol. The first-order valence-corrected chi connectivity index (χ1v) is 6.86. The van der Waals surface area contributed by atoms with Crippen molar-refractivity contribution < 1.29 is 9.63 Å². The largest absolute Gasteiger partial charge is 0.337 e. The van der Waals surface area contributed by atoms with Crippen LogP contribution in [0.4, 0.5) is 0 Å². The van der Waals surface area contributed by atoms with Crippen LogP contribution < -0.4 is 5.90 Å². The Morgan fingerprint density at radius 1 is 1.50 bits per heavy atom. The predicted octanol–water partition coefficient (Wildman–Crippen LogP) is 1.87. The maximum Gasteiger partial charge on any atom is 0.227 e. The second-order valence-corrected chi connectivity index (χ2v) is 5.34. The molecule has 1 saturated heterocycles. The molecule has 98 valence electrons. The first-order chi connectivity index (χ1) is 8.72. The molecule has 1 unspecified atom stereocenters. The number of likely N-dealkylation sites (tertiary alicyclic amines) is 1. The van der Waals surface area contributed by atoms with Gasteiger partial charge in [-0.05, 0) is 24.5 Å². The summed E-state index contributed by atoms with van der Waals surface area (Å²) in [5, 5.41) is 0. The van der Waals surface area contributed by atoms with E-state index < -0.39 is 0 Å². The van der Waals surface area contributed by atoms with Crippen LogP contribution in [0.5, 0.6) is 0 Å². The molecule has 4 nitrogen and oxygen atoms in total. The highest BCUT2D eigenvalue weighted by Crippen LogP contribution is 2.21. The number of halogens is 1. The van der Waals surface area contributed by atoms with E-state index in [-0.39, 0.29) is 11.9 Å². The van der Waals surface area contributed by atoms with E-state index in [0.29, 0.717) is 13.0 Å². The molecule has 2 N–H and O–H groups in total. The van der Waals surface area contributed by atoms with Gasteiger partial charge in [-0.2, -0.15) is 0 Å². The van der Waals surface area contributed by atoms with Gasteiger partial charge in [0, 0.05) is 11.0 Å². The highest BCUT2D eigenvalue weighted by molar-refractivity contribution is 9.10. The summed E-state index contributed by atoms with van der Waals surface area (Å²) >= 11 is 3.46. The lowest BCUT2D eigenvalue weighted by Gasteiger charge is -2.24. The van der Waals surface area contributed by atoms with E-state index in [1.807, 2.05) is 29.2 Å². The normalized spacial score (nSPS) is 19.2. The molecule has 0 aliphatic carbocycles. The quantitative estimate of drug-likeness (QED) is 0.864. The van der Waals surface area contributed by atoms with E-state index in [9.17, 15) is 4.79 Å². The van der Waals surface area contributed by atoms with Gasteiger partial charge in [-0.25, -0.2) is 5.90 Å². The lowest BCUT2D eigenvalue weighted by atomic mass is 10.1. The van der Waals surface area contributed by atoms with E-state index in [0.717, 1.165) is 29.4 Å². The molecule has 1 aliphatic heterocycles. The van der Waals surface area contributed by atoms with Crippen LogP contribution in [0, 0.1) is 0 Å². The molecule has 1 aromatic carbocycles. The summed E-state index contributed by atoms with van der Waals surface area (Å²) in [5.74, 6) is 5.24. The van der Waals surface area contributed by atoms with E-state index in [1.165, 1.54) is 0 Å². The summed E-state index contributed by atoms with van der Waals surface area (Å²) in [6, 6.07) is 7.93. The maximum absolute atomic E-state index is 12.3. The Balaban J connectivity index is 2.01. The number of hydrogen-bond donors (Lipinski definition) is 1. The molecular weight excluding hydrogens is 296 g/mol. The first-order valence-electron chi connectivity index (χ1n) is 6.07. The van der Waals surface area contributed by atoms with Gasteiger partial charge >= 0.3 is 0 Å². The first kappa shape index (κ1) is 13.5. The summed E-state index contributed by atoms with van der Waals surface area (Å²) in [5.41, 5.74) is 1.02. The van der Waals surface area contributed by atoms with E-state index in [4.69, 9.17) is 5.90 Å².